The number of pyridine rings is 2. The summed E-state index contributed by atoms with van der Waals surface area (Å²) in [5, 5.41) is 4.92. The van der Waals surface area contributed by atoms with Gasteiger partial charge in [0.15, 0.2) is 0 Å². The van der Waals surface area contributed by atoms with Crippen molar-refractivity contribution >= 4 is 37.5 Å². The van der Waals surface area contributed by atoms with E-state index in [0.29, 0.717) is 0 Å². The average Bonchev–Trinajstić information content (AvgIpc) is 2.74. The van der Waals surface area contributed by atoms with Crippen LogP contribution in [-0.2, 0) is 0 Å². The van der Waals surface area contributed by atoms with Crippen LogP contribution in [0.2, 0.25) is 0 Å². The largest absolute Gasteiger partial charge is 0.265 e. The molecule has 3 aromatic carbocycles. The van der Waals surface area contributed by atoms with Gasteiger partial charge >= 0.3 is 0 Å². The van der Waals surface area contributed by atoms with Crippen molar-refractivity contribution < 1.29 is 0 Å². The van der Waals surface area contributed by atoms with Crippen LogP contribution in [-0.4, -0.2) is 9.97 Å². The lowest BCUT2D eigenvalue weighted by Gasteiger charge is -2.11. The summed E-state index contributed by atoms with van der Waals surface area (Å²) in [6, 6.07) is 27.3. The topological polar surface area (TPSA) is 25.8 Å². The smallest absolute Gasteiger partial charge is 0.0715 e. The second-order valence-corrected chi connectivity index (χ2v) is 7.30. The lowest BCUT2D eigenvalue weighted by atomic mass is 9.96. The lowest BCUT2D eigenvalue weighted by Crippen LogP contribution is -1.90. The molecule has 0 aliphatic carbocycles. The van der Waals surface area contributed by atoms with Crippen molar-refractivity contribution in [1.29, 1.82) is 0 Å². The molecule has 0 saturated heterocycles. The van der Waals surface area contributed by atoms with Crippen LogP contribution >= 0.6 is 15.9 Å². The zero-order chi connectivity index (χ0) is 18.2. The summed E-state index contributed by atoms with van der Waals surface area (Å²) in [7, 11) is 0. The van der Waals surface area contributed by atoms with Crippen LogP contribution in [0.4, 0.5) is 0 Å². The van der Waals surface area contributed by atoms with E-state index in [0.717, 1.165) is 27.0 Å². The molecule has 0 spiro atoms. The second kappa shape index (κ2) is 6.60. The molecule has 0 N–H and O–H groups in total. The molecule has 2 nitrogen and oxygen atoms in total. The lowest BCUT2D eigenvalue weighted by molar-refractivity contribution is 1.29. The highest BCUT2D eigenvalue weighted by atomic mass is 79.9. The van der Waals surface area contributed by atoms with Crippen LogP contribution in [0.5, 0.6) is 0 Å². The normalized spacial score (nSPS) is 11.1. The summed E-state index contributed by atoms with van der Waals surface area (Å²) >= 11 is 3.66. The fraction of sp³-hybridized carbons (Fsp3) is 0. The number of nitrogens with zero attached hydrogens (tertiary/aromatic N) is 2. The Morgan fingerprint density at radius 1 is 0.556 bits per heavy atom. The van der Waals surface area contributed by atoms with E-state index in [4.69, 9.17) is 4.98 Å². The highest BCUT2D eigenvalue weighted by Gasteiger charge is 2.10. The van der Waals surface area contributed by atoms with Gasteiger partial charge in [-0.3, -0.25) is 4.98 Å². The molecule has 0 aliphatic rings. The van der Waals surface area contributed by atoms with Gasteiger partial charge in [-0.2, -0.15) is 0 Å². The zero-order valence-electron chi connectivity index (χ0n) is 14.4. The van der Waals surface area contributed by atoms with E-state index in [1.165, 1.54) is 21.5 Å². The molecule has 0 fully saturated rings. The molecular formula is C24H15BrN2. The first-order chi connectivity index (χ1) is 13.3. The van der Waals surface area contributed by atoms with E-state index in [2.05, 4.69) is 81.6 Å². The molecule has 0 atom stereocenters. The molecule has 0 bridgehead atoms. The van der Waals surface area contributed by atoms with Gasteiger partial charge in [0.1, 0.15) is 0 Å². The third-order valence-electron chi connectivity index (χ3n) is 4.87. The maximum Gasteiger partial charge on any atom is 0.0715 e. The van der Waals surface area contributed by atoms with E-state index in [-0.39, 0.29) is 0 Å². The summed E-state index contributed by atoms with van der Waals surface area (Å²) in [5.41, 5.74) is 4.14. The molecule has 5 aromatic rings. The molecule has 0 saturated carbocycles. The first-order valence-electron chi connectivity index (χ1n) is 8.79. The maximum atomic E-state index is 4.92. The standard InChI is InChI=1S/C24H15BrN2/c25-22-7-2-5-18-17-4-1-6-21(19(17)10-11-20(18)22)24-9-3-8-23(27-24)16-12-14-26-15-13-16/h1-15H. The number of aromatic nitrogens is 2. The fourth-order valence-electron chi connectivity index (χ4n) is 3.58. The van der Waals surface area contributed by atoms with Crippen LogP contribution < -0.4 is 0 Å². The van der Waals surface area contributed by atoms with E-state index < -0.39 is 0 Å². The highest BCUT2D eigenvalue weighted by molar-refractivity contribution is 9.10. The summed E-state index contributed by atoms with van der Waals surface area (Å²) in [6.07, 6.45) is 3.59. The molecule has 0 radical (unpaired) electrons. The first kappa shape index (κ1) is 16.2. The van der Waals surface area contributed by atoms with Crippen molar-refractivity contribution in [3.8, 4) is 22.5 Å². The molecular weight excluding hydrogens is 396 g/mol. The minimum absolute atomic E-state index is 0.954. The molecule has 0 unspecified atom stereocenters. The van der Waals surface area contributed by atoms with Crippen LogP contribution in [0.25, 0.3) is 44.1 Å². The van der Waals surface area contributed by atoms with Crippen LogP contribution in [0, 0.1) is 0 Å². The second-order valence-electron chi connectivity index (χ2n) is 6.45. The molecule has 5 rings (SSSR count). The molecule has 128 valence electrons. The molecule has 2 heterocycles. The van der Waals surface area contributed by atoms with Gasteiger partial charge in [0.2, 0.25) is 0 Å². The van der Waals surface area contributed by atoms with E-state index >= 15 is 0 Å². The van der Waals surface area contributed by atoms with E-state index in [9.17, 15) is 0 Å². The van der Waals surface area contributed by atoms with Gasteiger partial charge < -0.3 is 0 Å². The number of hydrogen-bond donors (Lipinski definition) is 0. The fourth-order valence-corrected chi connectivity index (χ4v) is 4.08. The average molecular weight is 411 g/mol. The van der Waals surface area contributed by atoms with Crippen molar-refractivity contribution in [3.63, 3.8) is 0 Å². The Bertz CT molecular complexity index is 1280. The Kier molecular flexibility index (Phi) is 3.95. The molecule has 0 aliphatic heterocycles. The number of halogens is 1. The van der Waals surface area contributed by atoms with Gasteiger partial charge in [0.25, 0.3) is 0 Å². The summed E-state index contributed by atoms with van der Waals surface area (Å²) < 4.78 is 1.12. The van der Waals surface area contributed by atoms with Crippen molar-refractivity contribution in [2.75, 3.05) is 0 Å². The molecule has 27 heavy (non-hydrogen) atoms. The minimum Gasteiger partial charge on any atom is -0.265 e. The van der Waals surface area contributed by atoms with Crippen LogP contribution in [0.15, 0.2) is 95.7 Å². The summed E-state index contributed by atoms with van der Waals surface area (Å²) in [6.45, 7) is 0. The number of rotatable bonds is 2. The van der Waals surface area contributed by atoms with E-state index in [1.54, 1.807) is 12.4 Å². The highest BCUT2D eigenvalue weighted by Crippen LogP contribution is 2.35. The van der Waals surface area contributed by atoms with E-state index in [1.807, 2.05) is 18.2 Å². The van der Waals surface area contributed by atoms with Crippen molar-refractivity contribution in [2.45, 2.75) is 0 Å². The van der Waals surface area contributed by atoms with Gasteiger partial charge in [0, 0.05) is 28.0 Å². The van der Waals surface area contributed by atoms with Gasteiger partial charge in [-0.25, -0.2) is 4.98 Å². The van der Waals surface area contributed by atoms with Gasteiger partial charge in [0.05, 0.1) is 11.4 Å². The monoisotopic (exact) mass is 410 g/mol. The zero-order valence-corrected chi connectivity index (χ0v) is 16.0. The third-order valence-corrected chi connectivity index (χ3v) is 5.56. The quantitative estimate of drug-likeness (QED) is 0.296. The Morgan fingerprint density at radius 3 is 2.07 bits per heavy atom. The Morgan fingerprint density at radius 2 is 1.22 bits per heavy atom. The molecule has 2 aromatic heterocycles. The number of hydrogen-bond acceptors (Lipinski definition) is 2. The van der Waals surface area contributed by atoms with Gasteiger partial charge in [-0.15, -0.1) is 0 Å². The summed E-state index contributed by atoms with van der Waals surface area (Å²) in [5.74, 6) is 0. The minimum atomic E-state index is 0.954. The van der Waals surface area contributed by atoms with Crippen molar-refractivity contribution in [1.82, 2.24) is 9.97 Å². The SMILES string of the molecule is Brc1cccc2c1ccc1c(-c3cccc(-c4ccncc4)n3)cccc12. The van der Waals surface area contributed by atoms with Crippen LogP contribution in [0.3, 0.4) is 0 Å². The Balaban J connectivity index is 1.75. The first-order valence-corrected chi connectivity index (χ1v) is 9.58. The third kappa shape index (κ3) is 2.81. The Hall–Kier alpha value is -3.04. The summed E-state index contributed by atoms with van der Waals surface area (Å²) in [4.78, 5) is 9.02. The maximum absolute atomic E-state index is 4.92. The van der Waals surface area contributed by atoms with Gasteiger partial charge in [-0.05, 0) is 51.9 Å². The van der Waals surface area contributed by atoms with Crippen molar-refractivity contribution in [2.24, 2.45) is 0 Å². The van der Waals surface area contributed by atoms with Gasteiger partial charge in [-0.1, -0.05) is 64.5 Å². The molecule has 3 heteroatoms. The number of fused-ring (bicyclic) bond motifs is 3. The predicted molar refractivity (Wildman–Crippen MR) is 116 cm³/mol. The number of benzene rings is 3. The van der Waals surface area contributed by atoms with Crippen molar-refractivity contribution in [3.05, 3.63) is 95.7 Å². The van der Waals surface area contributed by atoms with Crippen LogP contribution in [0.1, 0.15) is 0 Å². The Labute approximate surface area is 165 Å². The predicted octanol–water partition coefficient (Wildman–Crippen LogP) is 6.88. The molecule has 0 amide bonds.